The van der Waals surface area contributed by atoms with Gasteiger partial charge < -0.3 is 14.5 Å². The van der Waals surface area contributed by atoms with E-state index in [-0.39, 0.29) is 5.91 Å². The van der Waals surface area contributed by atoms with Crippen LogP contribution in [0.4, 0.5) is 0 Å². The fraction of sp³-hybridized carbons (Fsp3) is 0.250. The number of amides is 1. The normalized spacial score (nSPS) is 11.2. The first-order valence-electron chi connectivity index (χ1n) is 8.81. The molecule has 2 aromatic heterocycles. The zero-order valence-electron chi connectivity index (χ0n) is 15.2. The lowest BCUT2D eigenvalue weighted by atomic mass is 10.1. The molecule has 2 aromatic carbocycles. The van der Waals surface area contributed by atoms with Gasteiger partial charge in [-0.15, -0.1) is 5.10 Å². The maximum atomic E-state index is 12.5. The number of benzene rings is 2. The van der Waals surface area contributed by atoms with Crippen molar-refractivity contribution in [1.29, 1.82) is 0 Å². The van der Waals surface area contributed by atoms with Crippen molar-refractivity contribution in [2.75, 3.05) is 13.7 Å². The first-order chi connectivity index (χ1) is 13.2. The number of aromatic nitrogens is 3. The van der Waals surface area contributed by atoms with E-state index in [1.807, 2.05) is 48.0 Å². The van der Waals surface area contributed by atoms with Gasteiger partial charge in [-0.1, -0.05) is 17.3 Å². The van der Waals surface area contributed by atoms with Crippen LogP contribution in [0.3, 0.4) is 0 Å². The van der Waals surface area contributed by atoms with Crippen LogP contribution in [-0.4, -0.2) is 34.6 Å². The quantitative estimate of drug-likeness (QED) is 0.531. The van der Waals surface area contributed by atoms with E-state index < -0.39 is 0 Å². The molecule has 0 fully saturated rings. The third-order valence-electron chi connectivity index (χ3n) is 4.60. The fourth-order valence-corrected chi connectivity index (χ4v) is 3.14. The van der Waals surface area contributed by atoms with E-state index in [1.54, 1.807) is 13.2 Å². The average molecular weight is 364 g/mol. The Morgan fingerprint density at radius 2 is 2.11 bits per heavy atom. The molecule has 138 valence electrons. The molecule has 0 aliphatic rings. The lowest BCUT2D eigenvalue weighted by Crippen LogP contribution is -2.25. The Labute approximate surface area is 155 Å². The predicted octanol–water partition coefficient (Wildman–Crippen LogP) is 3.31. The largest absolute Gasteiger partial charge is 0.497 e. The van der Waals surface area contributed by atoms with E-state index in [4.69, 9.17) is 9.15 Å². The van der Waals surface area contributed by atoms with Gasteiger partial charge >= 0.3 is 0 Å². The summed E-state index contributed by atoms with van der Waals surface area (Å²) in [6.45, 7) is 3.08. The number of nitrogens with one attached hydrogen (secondary N) is 1. The molecule has 1 N–H and O–H groups in total. The Morgan fingerprint density at radius 1 is 1.26 bits per heavy atom. The third kappa shape index (κ3) is 3.23. The predicted molar refractivity (Wildman–Crippen MR) is 102 cm³/mol. The zero-order chi connectivity index (χ0) is 18.8. The van der Waals surface area contributed by atoms with E-state index >= 15 is 0 Å². The Kier molecular flexibility index (Phi) is 4.50. The monoisotopic (exact) mass is 364 g/mol. The first-order valence-corrected chi connectivity index (χ1v) is 8.81. The second kappa shape index (κ2) is 7.11. The lowest BCUT2D eigenvalue weighted by Gasteiger charge is -2.05. The second-order valence-corrected chi connectivity index (χ2v) is 6.33. The number of nitrogens with zero attached hydrogens (tertiary/aromatic N) is 3. The van der Waals surface area contributed by atoms with Gasteiger partial charge in [0.25, 0.3) is 5.91 Å². The number of ether oxygens (including phenoxy) is 1. The van der Waals surface area contributed by atoms with Gasteiger partial charge in [-0.05, 0) is 37.6 Å². The van der Waals surface area contributed by atoms with Gasteiger partial charge in [0.2, 0.25) is 0 Å². The lowest BCUT2D eigenvalue weighted by molar-refractivity contribution is 0.0926. The number of rotatable bonds is 6. The summed E-state index contributed by atoms with van der Waals surface area (Å²) < 4.78 is 12.8. The van der Waals surface area contributed by atoms with Gasteiger partial charge in [0, 0.05) is 30.1 Å². The Morgan fingerprint density at radius 3 is 2.96 bits per heavy atom. The summed E-state index contributed by atoms with van der Waals surface area (Å²) in [7, 11) is 1.60. The molecule has 0 aliphatic carbocycles. The van der Waals surface area contributed by atoms with Crippen molar-refractivity contribution in [1.82, 2.24) is 20.3 Å². The molecular formula is C20H20N4O3. The number of methoxy groups -OCH3 is 1. The molecule has 4 rings (SSSR count). The SMILES string of the molecule is COc1ccc2c(C)c(C(=O)NCCCn3nnc4ccccc43)oc2c1. The standard InChI is InChI=1S/C20H20N4O3/c1-13-15-9-8-14(26-2)12-18(15)27-19(13)20(25)21-10-5-11-24-17-7-4-3-6-16(17)22-23-24/h3-4,6-9,12H,5,10-11H2,1-2H3,(H,21,25). The minimum atomic E-state index is -0.217. The van der Waals surface area contributed by atoms with E-state index in [0.717, 1.165) is 28.4 Å². The summed E-state index contributed by atoms with van der Waals surface area (Å²) in [5.74, 6) is 0.818. The van der Waals surface area contributed by atoms with Crippen LogP contribution in [0.1, 0.15) is 22.5 Å². The van der Waals surface area contributed by atoms with Crippen LogP contribution in [0.25, 0.3) is 22.0 Å². The Hall–Kier alpha value is -3.35. The average Bonchev–Trinajstić information content (AvgIpc) is 3.26. The molecule has 0 radical (unpaired) electrons. The highest BCUT2D eigenvalue weighted by Gasteiger charge is 2.17. The van der Waals surface area contributed by atoms with Crippen molar-refractivity contribution in [3.05, 3.63) is 53.8 Å². The maximum Gasteiger partial charge on any atom is 0.287 e. The molecule has 1 amide bonds. The van der Waals surface area contributed by atoms with Crippen molar-refractivity contribution in [2.45, 2.75) is 19.9 Å². The first kappa shape index (κ1) is 17.1. The highest BCUT2D eigenvalue weighted by molar-refractivity contribution is 5.99. The van der Waals surface area contributed by atoms with Crippen LogP contribution in [0, 0.1) is 6.92 Å². The maximum absolute atomic E-state index is 12.5. The number of hydrogen-bond donors (Lipinski definition) is 1. The molecule has 27 heavy (non-hydrogen) atoms. The molecular weight excluding hydrogens is 344 g/mol. The van der Waals surface area contributed by atoms with Crippen LogP contribution < -0.4 is 10.1 Å². The molecule has 2 heterocycles. The smallest absolute Gasteiger partial charge is 0.287 e. The molecule has 0 aliphatic heterocycles. The molecule has 0 atom stereocenters. The topological polar surface area (TPSA) is 82.2 Å². The molecule has 0 saturated carbocycles. The van der Waals surface area contributed by atoms with Crippen molar-refractivity contribution in [2.24, 2.45) is 0 Å². The number of carbonyl (C=O) groups excluding carboxylic acids is 1. The van der Waals surface area contributed by atoms with E-state index in [0.29, 0.717) is 30.2 Å². The number of para-hydroxylation sites is 1. The van der Waals surface area contributed by atoms with Crippen LogP contribution in [-0.2, 0) is 6.54 Å². The molecule has 0 spiro atoms. The number of furan rings is 1. The van der Waals surface area contributed by atoms with E-state index in [1.165, 1.54) is 0 Å². The van der Waals surface area contributed by atoms with Gasteiger partial charge in [-0.3, -0.25) is 4.79 Å². The minimum absolute atomic E-state index is 0.217. The molecule has 0 bridgehead atoms. The van der Waals surface area contributed by atoms with Crippen molar-refractivity contribution < 1.29 is 13.9 Å². The highest BCUT2D eigenvalue weighted by Crippen LogP contribution is 2.28. The van der Waals surface area contributed by atoms with Gasteiger partial charge in [0.1, 0.15) is 16.8 Å². The summed E-state index contributed by atoms with van der Waals surface area (Å²) >= 11 is 0. The van der Waals surface area contributed by atoms with E-state index in [2.05, 4.69) is 15.6 Å². The van der Waals surface area contributed by atoms with Crippen molar-refractivity contribution in [3.8, 4) is 5.75 Å². The molecule has 0 unspecified atom stereocenters. The van der Waals surface area contributed by atoms with Crippen LogP contribution in [0.5, 0.6) is 5.75 Å². The van der Waals surface area contributed by atoms with Gasteiger partial charge in [-0.2, -0.15) is 0 Å². The molecule has 7 heteroatoms. The second-order valence-electron chi connectivity index (χ2n) is 6.33. The van der Waals surface area contributed by atoms with Crippen molar-refractivity contribution >= 4 is 27.9 Å². The van der Waals surface area contributed by atoms with Gasteiger partial charge in [0.15, 0.2) is 5.76 Å². The summed E-state index contributed by atoms with van der Waals surface area (Å²) in [4.78, 5) is 12.5. The summed E-state index contributed by atoms with van der Waals surface area (Å²) in [6.07, 6.45) is 0.742. The number of carbonyl (C=O) groups is 1. The summed E-state index contributed by atoms with van der Waals surface area (Å²) in [6, 6.07) is 13.4. The Bertz CT molecular complexity index is 1110. The van der Waals surface area contributed by atoms with Gasteiger partial charge in [0.05, 0.1) is 12.6 Å². The van der Waals surface area contributed by atoms with Crippen LogP contribution in [0.2, 0.25) is 0 Å². The van der Waals surface area contributed by atoms with E-state index in [9.17, 15) is 4.79 Å². The number of hydrogen-bond acceptors (Lipinski definition) is 5. The molecule has 0 saturated heterocycles. The summed E-state index contributed by atoms with van der Waals surface area (Å²) in [5, 5.41) is 12.1. The highest BCUT2D eigenvalue weighted by atomic mass is 16.5. The summed E-state index contributed by atoms with van der Waals surface area (Å²) in [5.41, 5.74) is 3.33. The van der Waals surface area contributed by atoms with Crippen LogP contribution >= 0.6 is 0 Å². The number of fused-ring (bicyclic) bond motifs is 2. The third-order valence-corrected chi connectivity index (χ3v) is 4.60. The fourth-order valence-electron chi connectivity index (χ4n) is 3.14. The molecule has 7 nitrogen and oxygen atoms in total. The molecule has 4 aromatic rings. The minimum Gasteiger partial charge on any atom is -0.497 e. The zero-order valence-corrected chi connectivity index (χ0v) is 15.2. The van der Waals surface area contributed by atoms with Crippen molar-refractivity contribution in [3.63, 3.8) is 0 Å². The number of aryl methyl sites for hydroxylation is 2. The Balaban J connectivity index is 1.39. The van der Waals surface area contributed by atoms with Gasteiger partial charge in [-0.25, -0.2) is 4.68 Å². The van der Waals surface area contributed by atoms with Crippen LogP contribution in [0.15, 0.2) is 46.9 Å².